The Morgan fingerprint density at radius 1 is 1.00 bits per heavy atom. The molecular formula is C27H37N3O5. The first-order valence-electron chi connectivity index (χ1n) is 12.1. The van der Waals surface area contributed by atoms with Crippen molar-refractivity contribution in [2.75, 3.05) is 58.9 Å². The van der Waals surface area contributed by atoms with Crippen LogP contribution in [-0.4, -0.2) is 80.7 Å². The number of phenols is 1. The largest absolute Gasteiger partial charge is 0.504 e. The molecule has 35 heavy (non-hydrogen) atoms. The van der Waals surface area contributed by atoms with Gasteiger partial charge in [0.2, 0.25) is 5.91 Å². The number of hydrogen-bond acceptors (Lipinski definition) is 6. The van der Waals surface area contributed by atoms with Gasteiger partial charge < -0.3 is 29.3 Å². The first-order chi connectivity index (χ1) is 16.8. The summed E-state index contributed by atoms with van der Waals surface area (Å²) in [5.74, 6) is 0.873. The van der Waals surface area contributed by atoms with Gasteiger partial charge in [0.1, 0.15) is 5.75 Å². The lowest BCUT2D eigenvalue weighted by Gasteiger charge is -2.32. The molecule has 1 aliphatic rings. The minimum Gasteiger partial charge on any atom is -0.504 e. The second kappa shape index (κ2) is 12.4. The molecule has 190 valence electrons. The molecule has 0 saturated carbocycles. The Morgan fingerprint density at radius 2 is 1.74 bits per heavy atom. The number of amides is 2. The van der Waals surface area contributed by atoms with Crippen molar-refractivity contribution < 1.29 is 24.2 Å². The van der Waals surface area contributed by atoms with Gasteiger partial charge in [-0.1, -0.05) is 6.07 Å². The number of nitrogens with zero attached hydrogens (tertiary/aromatic N) is 3. The van der Waals surface area contributed by atoms with Crippen molar-refractivity contribution in [1.82, 2.24) is 9.80 Å². The van der Waals surface area contributed by atoms with Crippen LogP contribution >= 0.6 is 0 Å². The van der Waals surface area contributed by atoms with Crippen LogP contribution in [0.4, 0.5) is 5.69 Å². The zero-order valence-corrected chi connectivity index (χ0v) is 21.2. The van der Waals surface area contributed by atoms with E-state index in [4.69, 9.17) is 9.47 Å². The highest BCUT2D eigenvalue weighted by Gasteiger charge is 2.20. The van der Waals surface area contributed by atoms with Crippen LogP contribution in [0.5, 0.6) is 17.2 Å². The Kier molecular flexibility index (Phi) is 9.37. The van der Waals surface area contributed by atoms with Crippen molar-refractivity contribution in [3.05, 3.63) is 47.5 Å². The van der Waals surface area contributed by atoms with Gasteiger partial charge in [0.05, 0.1) is 19.4 Å². The van der Waals surface area contributed by atoms with Gasteiger partial charge in [-0.05, 0) is 69.1 Å². The minimum atomic E-state index is -0.237. The summed E-state index contributed by atoms with van der Waals surface area (Å²) < 4.78 is 11.2. The summed E-state index contributed by atoms with van der Waals surface area (Å²) in [5.41, 5.74) is 2.10. The van der Waals surface area contributed by atoms with Crippen LogP contribution in [-0.2, 0) is 4.79 Å². The number of unbranched alkanes of at least 4 members (excludes halogenated alkanes) is 2. The van der Waals surface area contributed by atoms with Gasteiger partial charge in [0.25, 0.3) is 5.91 Å². The van der Waals surface area contributed by atoms with Crippen LogP contribution in [0, 0.1) is 6.92 Å². The second-order valence-corrected chi connectivity index (χ2v) is 9.07. The third-order valence-electron chi connectivity index (χ3n) is 6.36. The Morgan fingerprint density at radius 3 is 2.46 bits per heavy atom. The Hall–Kier alpha value is -3.26. The Balaban J connectivity index is 1.52. The summed E-state index contributed by atoms with van der Waals surface area (Å²) in [4.78, 5) is 31.2. The van der Waals surface area contributed by atoms with E-state index in [1.54, 1.807) is 13.1 Å². The van der Waals surface area contributed by atoms with Crippen molar-refractivity contribution >= 4 is 17.5 Å². The van der Waals surface area contributed by atoms with Gasteiger partial charge >= 0.3 is 0 Å². The van der Waals surface area contributed by atoms with Gasteiger partial charge in [-0.2, -0.15) is 0 Å². The van der Waals surface area contributed by atoms with E-state index in [0.29, 0.717) is 30.0 Å². The molecular weight excluding hydrogens is 446 g/mol. The molecule has 0 aromatic heterocycles. The summed E-state index contributed by atoms with van der Waals surface area (Å²) in [6.45, 7) is 6.00. The number of carbonyl (C=O) groups is 2. The number of methoxy groups -OCH3 is 1. The molecule has 0 unspecified atom stereocenters. The predicted octanol–water partition coefficient (Wildman–Crippen LogP) is 3.70. The molecule has 1 heterocycles. The number of anilines is 1. The van der Waals surface area contributed by atoms with Crippen molar-refractivity contribution in [2.24, 2.45) is 0 Å². The van der Waals surface area contributed by atoms with E-state index < -0.39 is 0 Å². The molecule has 3 rings (SSSR count). The topological polar surface area (TPSA) is 82.5 Å². The lowest BCUT2D eigenvalue weighted by Crippen LogP contribution is -2.47. The third kappa shape index (κ3) is 7.11. The van der Waals surface area contributed by atoms with Gasteiger partial charge in [-0.15, -0.1) is 0 Å². The summed E-state index contributed by atoms with van der Waals surface area (Å²) in [6.07, 6.45) is 3.15. The highest BCUT2D eigenvalue weighted by Crippen LogP contribution is 2.32. The molecule has 0 aliphatic carbocycles. The summed E-state index contributed by atoms with van der Waals surface area (Å²) >= 11 is 0. The quantitative estimate of drug-likeness (QED) is 0.519. The maximum absolute atomic E-state index is 13.1. The number of hydrogen-bond donors (Lipinski definition) is 1. The molecule has 1 fully saturated rings. The summed E-state index contributed by atoms with van der Waals surface area (Å²) in [6, 6.07) is 10.3. The van der Waals surface area contributed by atoms with E-state index in [1.807, 2.05) is 30.0 Å². The normalized spacial score (nSPS) is 14.0. The number of piperazine rings is 1. The van der Waals surface area contributed by atoms with E-state index in [0.717, 1.165) is 51.0 Å². The number of rotatable bonds is 10. The van der Waals surface area contributed by atoms with Crippen LogP contribution in [0.2, 0.25) is 0 Å². The number of aryl methyl sites for hydroxylation is 1. The number of carbonyl (C=O) groups excluding carboxylic acids is 2. The molecule has 1 N–H and O–H groups in total. The van der Waals surface area contributed by atoms with Crippen molar-refractivity contribution in [2.45, 2.75) is 32.6 Å². The molecule has 0 atom stereocenters. The lowest BCUT2D eigenvalue weighted by atomic mass is 10.1. The fourth-order valence-corrected chi connectivity index (χ4v) is 4.08. The second-order valence-electron chi connectivity index (χ2n) is 9.07. The SMILES string of the molecule is COc1cc(C(=O)N(C)c2ccc(C)cc2OCCCCCC(=O)N2CCN(C)CC2)ccc1O. The van der Waals surface area contributed by atoms with Crippen LogP contribution in [0.15, 0.2) is 36.4 Å². The minimum absolute atomic E-state index is 0.0173. The fraction of sp³-hybridized carbons (Fsp3) is 0.481. The average molecular weight is 484 g/mol. The first kappa shape index (κ1) is 26.3. The molecule has 0 bridgehead atoms. The maximum atomic E-state index is 13.1. The predicted molar refractivity (Wildman–Crippen MR) is 137 cm³/mol. The van der Waals surface area contributed by atoms with E-state index in [2.05, 4.69) is 11.9 Å². The lowest BCUT2D eigenvalue weighted by molar-refractivity contribution is -0.132. The Bertz CT molecular complexity index is 1020. The molecule has 8 nitrogen and oxygen atoms in total. The van der Waals surface area contributed by atoms with E-state index >= 15 is 0 Å². The molecule has 1 aliphatic heterocycles. The van der Waals surface area contributed by atoms with Crippen molar-refractivity contribution in [1.29, 1.82) is 0 Å². The zero-order chi connectivity index (χ0) is 25.4. The number of aromatic hydroxyl groups is 1. The summed E-state index contributed by atoms with van der Waals surface area (Å²) in [5, 5.41) is 9.82. The number of benzene rings is 2. The standard InChI is InChI=1S/C27H37N3O5/c1-20-9-11-22(29(3)27(33)21-10-12-23(31)25(19-21)34-4)24(18-20)35-17-7-5-6-8-26(32)30-15-13-28(2)14-16-30/h9-12,18-19,31H,5-8,13-17H2,1-4H3. The van der Waals surface area contributed by atoms with Crippen molar-refractivity contribution in [3.8, 4) is 17.2 Å². The van der Waals surface area contributed by atoms with Crippen LogP contribution in [0.25, 0.3) is 0 Å². The van der Waals surface area contributed by atoms with Crippen LogP contribution in [0.3, 0.4) is 0 Å². The third-order valence-corrected chi connectivity index (χ3v) is 6.36. The smallest absolute Gasteiger partial charge is 0.258 e. The Labute approximate surface area is 208 Å². The molecule has 0 spiro atoms. The molecule has 8 heteroatoms. The first-order valence-corrected chi connectivity index (χ1v) is 12.1. The van der Waals surface area contributed by atoms with Crippen LogP contribution in [0.1, 0.15) is 41.6 Å². The zero-order valence-electron chi connectivity index (χ0n) is 21.2. The van der Waals surface area contributed by atoms with Gasteiger partial charge in [0.15, 0.2) is 11.5 Å². The van der Waals surface area contributed by atoms with E-state index in [1.165, 1.54) is 24.1 Å². The highest BCUT2D eigenvalue weighted by molar-refractivity contribution is 6.06. The van der Waals surface area contributed by atoms with Gasteiger partial charge in [-0.25, -0.2) is 0 Å². The molecule has 2 amide bonds. The van der Waals surface area contributed by atoms with E-state index in [-0.39, 0.29) is 23.3 Å². The monoisotopic (exact) mass is 483 g/mol. The van der Waals surface area contributed by atoms with E-state index in [9.17, 15) is 14.7 Å². The van der Waals surface area contributed by atoms with Gasteiger partial charge in [0, 0.05) is 45.2 Å². The fourth-order valence-electron chi connectivity index (χ4n) is 4.08. The number of likely N-dealkylation sites (N-methyl/N-ethyl adjacent to an activating group) is 1. The van der Waals surface area contributed by atoms with Crippen LogP contribution < -0.4 is 14.4 Å². The molecule has 2 aromatic rings. The molecule has 2 aromatic carbocycles. The average Bonchev–Trinajstić information content (AvgIpc) is 2.86. The molecule has 0 radical (unpaired) electrons. The maximum Gasteiger partial charge on any atom is 0.258 e. The number of phenolic OH excluding ortho intramolecular Hbond substituents is 1. The number of ether oxygens (including phenoxy) is 2. The van der Waals surface area contributed by atoms with Gasteiger partial charge in [-0.3, -0.25) is 9.59 Å². The summed E-state index contributed by atoms with van der Waals surface area (Å²) in [7, 11) is 5.23. The van der Waals surface area contributed by atoms with Crippen molar-refractivity contribution in [3.63, 3.8) is 0 Å². The highest BCUT2D eigenvalue weighted by atomic mass is 16.5. The molecule has 1 saturated heterocycles.